The zero-order valence-corrected chi connectivity index (χ0v) is 19.7. The van der Waals surface area contributed by atoms with Crippen molar-refractivity contribution in [3.05, 3.63) is 68.1 Å². The number of aryl methyl sites for hydroxylation is 2. The van der Waals surface area contributed by atoms with Crippen LogP contribution in [0.15, 0.2) is 60.8 Å². The Labute approximate surface area is 190 Å². The van der Waals surface area contributed by atoms with Crippen molar-refractivity contribution < 1.29 is 14.3 Å². The van der Waals surface area contributed by atoms with Crippen LogP contribution in [0, 0.1) is 13.8 Å². The lowest BCUT2D eigenvalue weighted by atomic mass is 10.1. The molecule has 0 unspecified atom stereocenters. The van der Waals surface area contributed by atoms with Gasteiger partial charge in [0.25, 0.3) is 0 Å². The van der Waals surface area contributed by atoms with Crippen LogP contribution in [-0.4, -0.2) is 23.4 Å². The molecular formula is C23H18Br2N2O3. The number of phenols is 1. The molecule has 3 aromatic carbocycles. The molecule has 0 aliphatic rings. The summed E-state index contributed by atoms with van der Waals surface area (Å²) in [5, 5.41) is 10.4. The number of aromatic nitrogens is 1. The summed E-state index contributed by atoms with van der Waals surface area (Å²) in [7, 11) is 1.50. The SMILES string of the molecule is COc1cc(Br)c(Br)c(C=Nc2cccc(-c3nc4cc(C)c(C)cc4o3)c2)c1O. The molecule has 7 heteroatoms. The first kappa shape index (κ1) is 20.6. The maximum atomic E-state index is 10.4. The minimum absolute atomic E-state index is 0.0113. The quantitative estimate of drug-likeness (QED) is 0.286. The zero-order valence-electron chi connectivity index (χ0n) is 16.5. The van der Waals surface area contributed by atoms with E-state index in [2.05, 4.69) is 55.7 Å². The van der Waals surface area contributed by atoms with Crippen LogP contribution >= 0.6 is 31.9 Å². The van der Waals surface area contributed by atoms with Crippen molar-refractivity contribution in [1.82, 2.24) is 4.98 Å². The minimum atomic E-state index is 0.0113. The molecule has 0 bridgehead atoms. The number of oxazole rings is 1. The van der Waals surface area contributed by atoms with E-state index in [1.807, 2.05) is 36.4 Å². The summed E-state index contributed by atoms with van der Waals surface area (Å²) in [5.74, 6) is 0.912. The minimum Gasteiger partial charge on any atom is -0.504 e. The Morgan fingerprint density at radius 3 is 2.63 bits per heavy atom. The van der Waals surface area contributed by atoms with E-state index in [1.165, 1.54) is 18.2 Å². The van der Waals surface area contributed by atoms with Crippen LogP contribution in [-0.2, 0) is 0 Å². The van der Waals surface area contributed by atoms with Gasteiger partial charge in [-0.3, -0.25) is 4.99 Å². The number of nitrogens with zero attached hydrogens (tertiary/aromatic N) is 2. The fraction of sp³-hybridized carbons (Fsp3) is 0.130. The average molecular weight is 530 g/mol. The summed E-state index contributed by atoms with van der Waals surface area (Å²) in [5.41, 5.74) is 5.97. The topological polar surface area (TPSA) is 67.9 Å². The molecule has 30 heavy (non-hydrogen) atoms. The summed E-state index contributed by atoms with van der Waals surface area (Å²) in [6.07, 6.45) is 1.59. The number of rotatable bonds is 4. The molecule has 0 aliphatic carbocycles. The number of methoxy groups -OCH3 is 1. The summed E-state index contributed by atoms with van der Waals surface area (Å²) in [4.78, 5) is 9.14. The van der Waals surface area contributed by atoms with Crippen LogP contribution < -0.4 is 4.74 Å². The number of fused-ring (bicyclic) bond motifs is 1. The monoisotopic (exact) mass is 528 g/mol. The number of aromatic hydroxyl groups is 1. The van der Waals surface area contributed by atoms with E-state index < -0.39 is 0 Å². The fourth-order valence-corrected chi connectivity index (χ4v) is 3.87. The van der Waals surface area contributed by atoms with Gasteiger partial charge < -0.3 is 14.3 Å². The third-order valence-corrected chi connectivity index (χ3v) is 6.86. The maximum Gasteiger partial charge on any atom is 0.227 e. The molecule has 5 nitrogen and oxygen atoms in total. The van der Waals surface area contributed by atoms with E-state index in [-0.39, 0.29) is 5.75 Å². The highest BCUT2D eigenvalue weighted by atomic mass is 79.9. The van der Waals surface area contributed by atoms with Gasteiger partial charge in [0.15, 0.2) is 17.1 Å². The summed E-state index contributed by atoms with van der Waals surface area (Å²) >= 11 is 6.92. The molecule has 0 radical (unpaired) electrons. The molecule has 4 aromatic rings. The van der Waals surface area contributed by atoms with Gasteiger partial charge in [-0.15, -0.1) is 0 Å². The molecule has 1 aromatic heterocycles. The fourth-order valence-electron chi connectivity index (χ4n) is 3.05. The Balaban J connectivity index is 1.71. The Kier molecular flexibility index (Phi) is 5.66. The lowest BCUT2D eigenvalue weighted by molar-refractivity contribution is 0.372. The summed E-state index contributed by atoms with van der Waals surface area (Å²) < 4.78 is 12.6. The number of benzene rings is 3. The van der Waals surface area contributed by atoms with Crippen molar-refractivity contribution in [3.63, 3.8) is 0 Å². The molecular weight excluding hydrogens is 512 g/mol. The van der Waals surface area contributed by atoms with Crippen LogP contribution in [0.25, 0.3) is 22.6 Å². The Bertz CT molecular complexity index is 1260. The highest BCUT2D eigenvalue weighted by Crippen LogP contribution is 2.39. The van der Waals surface area contributed by atoms with E-state index >= 15 is 0 Å². The lowest BCUT2D eigenvalue weighted by Crippen LogP contribution is -1.91. The third kappa shape index (κ3) is 3.87. The van der Waals surface area contributed by atoms with Gasteiger partial charge in [-0.2, -0.15) is 0 Å². The molecule has 0 atom stereocenters. The van der Waals surface area contributed by atoms with Gasteiger partial charge >= 0.3 is 0 Å². The second-order valence-corrected chi connectivity index (χ2v) is 8.52. The van der Waals surface area contributed by atoms with Gasteiger partial charge in [-0.1, -0.05) is 6.07 Å². The van der Waals surface area contributed by atoms with E-state index in [9.17, 15) is 5.11 Å². The van der Waals surface area contributed by atoms with Crippen LogP contribution in [0.5, 0.6) is 11.5 Å². The first-order valence-corrected chi connectivity index (χ1v) is 10.7. The van der Waals surface area contributed by atoms with E-state index in [4.69, 9.17) is 9.15 Å². The van der Waals surface area contributed by atoms with Crippen LogP contribution in [0.2, 0.25) is 0 Å². The number of phenolic OH excluding ortho intramolecular Hbond substituents is 1. The predicted molar refractivity (Wildman–Crippen MR) is 126 cm³/mol. The van der Waals surface area contributed by atoms with Gasteiger partial charge in [0.05, 0.1) is 18.4 Å². The van der Waals surface area contributed by atoms with Crippen molar-refractivity contribution in [1.29, 1.82) is 0 Å². The van der Waals surface area contributed by atoms with Crippen LogP contribution in [0.3, 0.4) is 0 Å². The Morgan fingerprint density at radius 2 is 1.87 bits per heavy atom. The summed E-state index contributed by atoms with van der Waals surface area (Å²) in [6.45, 7) is 4.11. The number of hydrogen-bond acceptors (Lipinski definition) is 5. The first-order chi connectivity index (χ1) is 14.4. The van der Waals surface area contributed by atoms with Gasteiger partial charge in [-0.25, -0.2) is 4.98 Å². The highest BCUT2D eigenvalue weighted by molar-refractivity contribution is 9.13. The van der Waals surface area contributed by atoms with E-state index in [1.54, 1.807) is 12.3 Å². The molecule has 0 aliphatic heterocycles. The molecule has 0 saturated carbocycles. The zero-order chi connectivity index (χ0) is 21.4. The molecule has 0 saturated heterocycles. The first-order valence-electron chi connectivity index (χ1n) is 9.14. The number of aliphatic imine (C=N–C) groups is 1. The summed E-state index contributed by atoms with van der Waals surface area (Å²) in [6, 6.07) is 13.3. The molecule has 1 heterocycles. The standard InChI is InChI=1S/C23H18Br2N2O3/c1-12-7-18-19(8-13(12)2)30-23(27-18)14-5-4-6-15(9-14)26-11-16-21(25)17(24)10-20(29-3)22(16)28/h4-11,28H,1-3H3. The Hall–Kier alpha value is -2.64. The van der Waals surface area contributed by atoms with Crippen molar-refractivity contribution >= 4 is 54.9 Å². The number of halogens is 2. The molecule has 0 fully saturated rings. The molecule has 1 N–H and O–H groups in total. The van der Waals surface area contributed by atoms with Gasteiger partial charge in [0, 0.05) is 20.7 Å². The van der Waals surface area contributed by atoms with E-state index in [0.717, 1.165) is 21.1 Å². The second-order valence-electron chi connectivity index (χ2n) is 6.87. The predicted octanol–water partition coefficient (Wildman–Crippen LogP) is 7.10. The van der Waals surface area contributed by atoms with Crippen molar-refractivity contribution in [3.8, 4) is 23.0 Å². The van der Waals surface area contributed by atoms with Gasteiger partial charge in [0.2, 0.25) is 5.89 Å². The molecule has 0 spiro atoms. The lowest BCUT2D eigenvalue weighted by Gasteiger charge is -2.09. The maximum absolute atomic E-state index is 10.4. The molecule has 0 amide bonds. The van der Waals surface area contributed by atoms with Crippen molar-refractivity contribution in [2.45, 2.75) is 13.8 Å². The number of ether oxygens (including phenoxy) is 1. The normalized spacial score (nSPS) is 11.5. The van der Waals surface area contributed by atoms with Gasteiger partial charge in [0.1, 0.15) is 5.52 Å². The molecule has 4 rings (SSSR count). The van der Waals surface area contributed by atoms with Crippen LogP contribution in [0.1, 0.15) is 16.7 Å². The van der Waals surface area contributed by atoms with Crippen molar-refractivity contribution in [2.24, 2.45) is 4.99 Å². The largest absolute Gasteiger partial charge is 0.504 e. The van der Waals surface area contributed by atoms with E-state index in [0.29, 0.717) is 27.4 Å². The Morgan fingerprint density at radius 1 is 1.10 bits per heavy atom. The second kappa shape index (κ2) is 8.24. The average Bonchev–Trinajstić information content (AvgIpc) is 3.14. The third-order valence-electron chi connectivity index (χ3n) is 4.85. The van der Waals surface area contributed by atoms with Gasteiger partial charge in [-0.05, 0) is 93.2 Å². The smallest absolute Gasteiger partial charge is 0.227 e. The van der Waals surface area contributed by atoms with Crippen LogP contribution in [0.4, 0.5) is 5.69 Å². The molecule has 152 valence electrons. The number of hydrogen-bond donors (Lipinski definition) is 1. The van der Waals surface area contributed by atoms with Crippen molar-refractivity contribution in [2.75, 3.05) is 7.11 Å². The highest BCUT2D eigenvalue weighted by Gasteiger charge is 2.14.